The first-order chi connectivity index (χ1) is 13.4. The molecular formula is C17H23N5O5S2. The molecule has 0 saturated carbocycles. The third-order valence-corrected chi connectivity index (χ3v) is 5.85. The third kappa shape index (κ3) is 4.90. The molecule has 29 heavy (non-hydrogen) atoms. The van der Waals surface area contributed by atoms with Crippen LogP contribution in [0.15, 0.2) is 40.1 Å². The number of aryl methyl sites for hydroxylation is 2. The molecule has 10 nitrogen and oxygen atoms in total. The van der Waals surface area contributed by atoms with Gasteiger partial charge in [-0.1, -0.05) is 18.2 Å². The van der Waals surface area contributed by atoms with Crippen molar-refractivity contribution in [3.63, 3.8) is 0 Å². The van der Waals surface area contributed by atoms with Crippen molar-refractivity contribution in [1.29, 1.82) is 0 Å². The van der Waals surface area contributed by atoms with Crippen molar-refractivity contribution in [3.05, 3.63) is 47.3 Å². The minimum absolute atomic E-state index is 0.0750. The minimum atomic E-state index is -3.76. The van der Waals surface area contributed by atoms with Gasteiger partial charge in [-0.3, -0.25) is 4.55 Å². The number of rotatable bonds is 4. The summed E-state index contributed by atoms with van der Waals surface area (Å²) in [5.74, 6) is 0.267. The number of aromatic nitrogens is 3. The molecule has 4 N–H and O–H groups in total. The summed E-state index contributed by atoms with van der Waals surface area (Å²) in [6.07, 6.45) is 0.715. The molecule has 0 unspecified atom stereocenters. The van der Waals surface area contributed by atoms with Crippen LogP contribution in [0, 0.1) is 13.8 Å². The fraction of sp³-hybridized carbons (Fsp3) is 0.294. The smallest absolute Gasteiger partial charge is 0.261 e. The molecule has 0 fully saturated rings. The van der Waals surface area contributed by atoms with Crippen LogP contribution in [0.1, 0.15) is 17.0 Å². The highest BCUT2D eigenvalue weighted by Crippen LogP contribution is 2.31. The molecule has 0 spiro atoms. The van der Waals surface area contributed by atoms with Gasteiger partial charge in [-0.2, -0.15) is 8.42 Å². The van der Waals surface area contributed by atoms with Gasteiger partial charge in [0.15, 0.2) is 16.4 Å². The van der Waals surface area contributed by atoms with Crippen LogP contribution in [0.25, 0.3) is 5.65 Å². The Bertz CT molecular complexity index is 1230. The molecule has 2 heterocycles. The van der Waals surface area contributed by atoms with Crippen LogP contribution in [-0.4, -0.2) is 49.3 Å². The van der Waals surface area contributed by atoms with Gasteiger partial charge in [0, 0.05) is 30.5 Å². The summed E-state index contributed by atoms with van der Waals surface area (Å²) in [4.78, 5) is 4.75. The Morgan fingerprint density at radius 2 is 1.69 bits per heavy atom. The molecule has 0 aliphatic rings. The van der Waals surface area contributed by atoms with Gasteiger partial charge < -0.3 is 11.1 Å². The van der Waals surface area contributed by atoms with Gasteiger partial charge in [-0.05, 0) is 26.0 Å². The van der Waals surface area contributed by atoms with E-state index in [9.17, 15) is 16.8 Å². The van der Waals surface area contributed by atoms with Crippen LogP contribution in [0.2, 0.25) is 0 Å². The third-order valence-electron chi connectivity index (χ3n) is 4.05. The Morgan fingerprint density at radius 3 is 2.17 bits per heavy atom. The monoisotopic (exact) mass is 441 g/mol. The zero-order chi connectivity index (χ0) is 22.0. The molecule has 1 aromatic carbocycles. The van der Waals surface area contributed by atoms with Crippen LogP contribution in [0.5, 0.6) is 0 Å². The largest absolute Gasteiger partial charge is 0.370 e. The Hall–Kier alpha value is -2.54. The van der Waals surface area contributed by atoms with Gasteiger partial charge in [-0.15, -0.1) is 5.10 Å². The molecule has 0 atom stereocenters. The number of fused-ring (bicyclic) bond motifs is 1. The second-order valence-electron chi connectivity index (χ2n) is 6.18. The lowest BCUT2D eigenvalue weighted by Gasteiger charge is -2.09. The second-order valence-corrected chi connectivity index (χ2v) is 9.53. The van der Waals surface area contributed by atoms with Gasteiger partial charge in [0.25, 0.3) is 10.1 Å². The number of nitrogens with zero attached hydrogens (tertiary/aromatic N) is 3. The number of hydrogen-bond acceptors (Lipinski definition) is 8. The molecule has 158 valence electrons. The zero-order valence-corrected chi connectivity index (χ0v) is 18.0. The highest BCUT2D eigenvalue weighted by molar-refractivity contribution is 7.91. The zero-order valence-electron chi connectivity index (χ0n) is 16.4. The SMILES string of the molecule is CNc1nn2c(C)c(CN)c(C)nc2c1S(=O)(=O)c1ccccc1.CS(=O)(=O)O. The quantitative estimate of drug-likeness (QED) is 0.506. The fourth-order valence-corrected chi connectivity index (χ4v) is 4.29. The van der Waals surface area contributed by atoms with Crippen molar-refractivity contribution >= 4 is 31.4 Å². The van der Waals surface area contributed by atoms with Gasteiger partial charge in [0.2, 0.25) is 9.84 Å². The minimum Gasteiger partial charge on any atom is -0.370 e. The first kappa shape index (κ1) is 22.7. The first-order valence-corrected chi connectivity index (χ1v) is 11.7. The van der Waals surface area contributed by atoms with E-state index >= 15 is 0 Å². The van der Waals surface area contributed by atoms with E-state index in [1.54, 1.807) is 37.4 Å². The average Bonchev–Trinajstić information content (AvgIpc) is 3.01. The number of hydrogen-bond donors (Lipinski definition) is 3. The molecule has 0 aliphatic carbocycles. The molecule has 3 aromatic rings. The molecule has 3 rings (SSSR count). The Labute approximate surface area is 169 Å². The molecule has 0 aliphatic heterocycles. The molecular weight excluding hydrogens is 418 g/mol. The molecule has 0 saturated heterocycles. The summed E-state index contributed by atoms with van der Waals surface area (Å²) in [5.41, 5.74) is 8.43. The van der Waals surface area contributed by atoms with Crippen LogP contribution in [0.3, 0.4) is 0 Å². The molecule has 0 bridgehead atoms. The molecule has 2 aromatic heterocycles. The van der Waals surface area contributed by atoms with Crippen LogP contribution >= 0.6 is 0 Å². The van der Waals surface area contributed by atoms with E-state index in [1.165, 1.54) is 4.52 Å². The van der Waals surface area contributed by atoms with E-state index in [0.29, 0.717) is 24.1 Å². The summed E-state index contributed by atoms with van der Waals surface area (Å²) >= 11 is 0. The summed E-state index contributed by atoms with van der Waals surface area (Å²) < 4.78 is 53.6. The predicted molar refractivity (Wildman–Crippen MR) is 109 cm³/mol. The van der Waals surface area contributed by atoms with E-state index in [1.807, 2.05) is 13.8 Å². The molecule has 12 heteroatoms. The van der Waals surface area contributed by atoms with E-state index in [0.717, 1.165) is 11.3 Å². The summed E-state index contributed by atoms with van der Waals surface area (Å²) in [5, 5.41) is 7.24. The normalized spacial score (nSPS) is 11.8. The maximum atomic E-state index is 13.1. The van der Waals surface area contributed by atoms with E-state index in [-0.39, 0.29) is 15.6 Å². The summed E-state index contributed by atoms with van der Waals surface area (Å²) in [6, 6.07) is 8.27. The lowest BCUT2D eigenvalue weighted by atomic mass is 10.2. The fourth-order valence-electron chi connectivity index (χ4n) is 2.77. The van der Waals surface area contributed by atoms with Crippen molar-refractivity contribution in [1.82, 2.24) is 14.6 Å². The second kappa shape index (κ2) is 8.45. The van der Waals surface area contributed by atoms with Gasteiger partial charge in [-0.25, -0.2) is 17.9 Å². The number of nitrogens with one attached hydrogen (secondary N) is 1. The van der Waals surface area contributed by atoms with Crippen molar-refractivity contribution in [2.45, 2.75) is 30.2 Å². The Kier molecular flexibility index (Phi) is 6.63. The number of nitrogens with two attached hydrogens (primary N) is 1. The van der Waals surface area contributed by atoms with E-state index in [2.05, 4.69) is 15.4 Å². The predicted octanol–water partition coefficient (Wildman–Crippen LogP) is 1.18. The molecule has 0 radical (unpaired) electrons. The van der Waals surface area contributed by atoms with E-state index < -0.39 is 20.0 Å². The van der Waals surface area contributed by atoms with Gasteiger partial charge in [0.1, 0.15) is 0 Å². The molecule has 0 amide bonds. The standard InChI is InChI=1S/C16H19N5O2S.CH4O3S/c1-10-13(9-17)11(2)21-16(19-10)14(15(18-3)20-21)24(22,23)12-7-5-4-6-8-12;1-5(2,3)4/h4-8H,9,17H2,1-3H3,(H,18,20);1H3,(H,2,3,4). The number of sulfone groups is 1. The first-order valence-electron chi connectivity index (χ1n) is 8.41. The van der Waals surface area contributed by atoms with Gasteiger partial charge >= 0.3 is 0 Å². The summed E-state index contributed by atoms with van der Waals surface area (Å²) in [6.45, 7) is 3.99. The maximum absolute atomic E-state index is 13.1. The average molecular weight is 442 g/mol. The van der Waals surface area contributed by atoms with Crippen molar-refractivity contribution in [3.8, 4) is 0 Å². The Balaban J connectivity index is 0.000000537. The van der Waals surface area contributed by atoms with Crippen LogP contribution in [-0.2, 0) is 26.5 Å². The highest BCUT2D eigenvalue weighted by atomic mass is 32.2. The van der Waals surface area contributed by atoms with Gasteiger partial charge in [0.05, 0.1) is 11.2 Å². The van der Waals surface area contributed by atoms with Crippen molar-refractivity contribution in [2.24, 2.45) is 5.73 Å². The summed E-state index contributed by atoms with van der Waals surface area (Å²) in [7, 11) is -5.79. The van der Waals surface area contributed by atoms with Crippen LogP contribution < -0.4 is 11.1 Å². The highest BCUT2D eigenvalue weighted by Gasteiger charge is 2.29. The number of anilines is 1. The topological polar surface area (TPSA) is 157 Å². The van der Waals surface area contributed by atoms with Crippen molar-refractivity contribution < 1.29 is 21.4 Å². The maximum Gasteiger partial charge on any atom is 0.261 e. The van der Waals surface area contributed by atoms with E-state index in [4.69, 9.17) is 10.3 Å². The lowest BCUT2D eigenvalue weighted by Crippen LogP contribution is -2.10. The van der Waals surface area contributed by atoms with Crippen molar-refractivity contribution in [2.75, 3.05) is 18.6 Å². The van der Waals surface area contributed by atoms with Crippen LogP contribution in [0.4, 0.5) is 5.82 Å². The Morgan fingerprint density at radius 1 is 1.14 bits per heavy atom. The lowest BCUT2D eigenvalue weighted by molar-refractivity contribution is 0.490. The number of benzene rings is 1.